The molecule has 43 heavy (non-hydrogen) atoms. The summed E-state index contributed by atoms with van der Waals surface area (Å²) in [5, 5.41) is 9.73. The van der Waals surface area contributed by atoms with Crippen LogP contribution in [0.15, 0.2) is 97.1 Å². The molecule has 1 N–H and O–H groups in total. The normalized spacial score (nSPS) is 12.5. The zero-order chi connectivity index (χ0) is 30.8. The molecule has 4 aromatic carbocycles. The lowest BCUT2D eigenvalue weighted by Gasteiger charge is -2.25. The summed E-state index contributed by atoms with van der Waals surface area (Å²) in [4.78, 5) is 25.8. The molecule has 224 valence electrons. The molecule has 0 aromatic heterocycles. The van der Waals surface area contributed by atoms with Crippen molar-refractivity contribution in [2.75, 3.05) is 26.7 Å². The van der Waals surface area contributed by atoms with Crippen LogP contribution in [0.4, 0.5) is 0 Å². The van der Waals surface area contributed by atoms with Crippen molar-refractivity contribution in [2.45, 2.75) is 38.7 Å². The number of halogens is 1. The molecule has 4 rings (SSSR count). The maximum Gasteiger partial charge on any atom is 0.335 e. The molecule has 2 atom stereocenters. The van der Waals surface area contributed by atoms with Crippen molar-refractivity contribution in [1.82, 2.24) is 4.90 Å². The third kappa shape index (κ3) is 9.70. The smallest absolute Gasteiger partial charge is 0.335 e. The van der Waals surface area contributed by atoms with Crippen LogP contribution in [0.3, 0.4) is 0 Å². The molecule has 0 aliphatic carbocycles. The number of hydrogen-bond acceptors (Lipinski definition) is 5. The highest BCUT2D eigenvalue weighted by Crippen LogP contribution is 2.27. The number of Topliss-reactive ketones (excluding diaryl/α,β-unsaturated/α-hetero) is 1. The predicted octanol–water partition coefficient (Wildman–Crippen LogP) is 7.46. The highest BCUT2D eigenvalue weighted by atomic mass is 35.5. The number of carboxylic acid groups (broad SMARTS) is 1. The molecule has 0 radical (unpaired) electrons. The highest BCUT2D eigenvalue weighted by Gasteiger charge is 2.18. The summed E-state index contributed by atoms with van der Waals surface area (Å²) in [7, 11) is 2.17. The molecule has 0 saturated heterocycles. The Morgan fingerprint density at radius 1 is 0.837 bits per heavy atom. The third-order valence-electron chi connectivity index (χ3n) is 7.42. The van der Waals surface area contributed by atoms with E-state index < -0.39 is 12.1 Å². The van der Waals surface area contributed by atoms with E-state index in [9.17, 15) is 9.59 Å². The fourth-order valence-electron chi connectivity index (χ4n) is 4.82. The Labute approximate surface area is 258 Å². The summed E-state index contributed by atoms with van der Waals surface area (Å²) in [6, 6.07) is 30.7. The molecule has 0 aliphatic heterocycles. The Hall–Kier alpha value is -4.13. The third-order valence-corrected chi connectivity index (χ3v) is 7.68. The Kier molecular flexibility index (Phi) is 11.4. The molecule has 2 unspecified atom stereocenters. The first-order valence-electron chi connectivity index (χ1n) is 14.4. The molecule has 4 aromatic rings. The zero-order valence-corrected chi connectivity index (χ0v) is 25.6. The molecule has 0 bridgehead atoms. The zero-order valence-electron chi connectivity index (χ0n) is 24.8. The number of carbonyl (C=O) groups excluding carboxylic acids is 1. The van der Waals surface area contributed by atoms with Gasteiger partial charge in [0, 0.05) is 17.5 Å². The SMILES string of the molecule is Cc1ccc(C(CN(C)CCCc2ccc(OC(C)C(=O)COc3ccc(C(=O)O)cc3)cc2)c2ccc(Cl)cc2)cc1. The van der Waals surface area contributed by atoms with Gasteiger partial charge in [0.25, 0.3) is 0 Å². The molecule has 7 heteroatoms. The number of carboxylic acids is 1. The summed E-state index contributed by atoms with van der Waals surface area (Å²) < 4.78 is 11.3. The van der Waals surface area contributed by atoms with Crippen molar-refractivity contribution in [2.24, 2.45) is 0 Å². The van der Waals surface area contributed by atoms with Gasteiger partial charge in [-0.05, 0) is 106 Å². The minimum atomic E-state index is -1.01. The van der Waals surface area contributed by atoms with E-state index in [1.807, 2.05) is 36.4 Å². The van der Waals surface area contributed by atoms with E-state index in [-0.39, 0.29) is 23.9 Å². The van der Waals surface area contributed by atoms with Gasteiger partial charge in [-0.25, -0.2) is 4.79 Å². The van der Waals surface area contributed by atoms with Gasteiger partial charge in [0.1, 0.15) is 11.5 Å². The monoisotopic (exact) mass is 599 g/mol. The molecule has 0 aliphatic rings. The quantitative estimate of drug-likeness (QED) is 0.153. The molecule has 0 heterocycles. The molecular formula is C36H38ClNO5. The lowest BCUT2D eigenvalue weighted by molar-refractivity contribution is -0.127. The largest absolute Gasteiger partial charge is 0.486 e. The van der Waals surface area contributed by atoms with E-state index >= 15 is 0 Å². The molecule has 0 amide bonds. The Morgan fingerprint density at radius 3 is 2.02 bits per heavy atom. The van der Waals surface area contributed by atoms with Crippen LogP contribution in [-0.2, 0) is 11.2 Å². The highest BCUT2D eigenvalue weighted by molar-refractivity contribution is 6.30. The van der Waals surface area contributed by atoms with Crippen molar-refractivity contribution in [3.05, 3.63) is 130 Å². The van der Waals surface area contributed by atoms with Crippen molar-refractivity contribution in [3.63, 3.8) is 0 Å². The fraction of sp³-hybridized carbons (Fsp3) is 0.278. The van der Waals surface area contributed by atoms with Crippen LogP contribution in [0.5, 0.6) is 11.5 Å². The van der Waals surface area contributed by atoms with Crippen molar-refractivity contribution >= 4 is 23.4 Å². The molecule has 6 nitrogen and oxygen atoms in total. The number of ether oxygens (including phenoxy) is 2. The number of likely N-dealkylation sites (N-methyl/N-ethyl adjacent to an activating group) is 1. The van der Waals surface area contributed by atoms with Gasteiger partial charge in [-0.2, -0.15) is 0 Å². The van der Waals surface area contributed by atoms with E-state index in [0.29, 0.717) is 11.5 Å². The van der Waals surface area contributed by atoms with Gasteiger partial charge < -0.3 is 19.5 Å². The summed E-state index contributed by atoms with van der Waals surface area (Å²) in [6.07, 6.45) is 1.27. The Morgan fingerprint density at radius 2 is 1.42 bits per heavy atom. The number of rotatable bonds is 15. The van der Waals surface area contributed by atoms with Gasteiger partial charge in [0.2, 0.25) is 5.78 Å². The minimum Gasteiger partial charge on any atom is -0.486 e. The van der Waals surface area contributed by atoms with Gasteiger partial charge in [0.05, 0.1) is 5.56 Å². The molecule has 0 spiro atoms. The number of aromatic carboxylic acids is 1. The first-order chi connectivity index (χ1) is 20.7. The van der Waals surface area contributed by atoms with Crippen LogP contribution in [0, 0.1) is 6.92 Å². The van der Waals surface area contributed by atoms with E-state index in [0.717, 1.165) is 31.0 Å². The van der Waals surface area contributed by atoms with Crippen LogP contribution in [0.1, 0.15) is 51.9 Å². The molecule has 0 saturated carbocycles. The van der Waals surface area contributed by atoms with Gasteiger partial charge in [-0.15, -0.1) is 0 Å². The van der Waals surface area contributed by atoms with Gasteiger partial charge in [0.15, 0.2) is 12.7 Å². The average molecular weight is 600 g/mol. The van der Waals surface area contributed by atoms with Gasteiger partial charge in [-0.1, -0.05) is 65.7 Å². The van der Waals surface area contributed by atoms with Gasteiger partial charge in [-0.3, -0.25) is 4.79 Å². The number of carbonyl (C=O) groups is 2. The number of benzene rings is 4. The maximum atomic E-state index is 12.5. The van der Waals surface area contributed by atoms with E-state index in [1.165, 1.54) is 46.5 Å². The minimum absolute atomic E-state index is 0.159. The van der Waals surface area contributed by atoms with E-state index in [4.69, 9.17) is 26.2 Å². The summed E-state index contributed by atoms with van der Waals surface area (Å²) in [5.41, 5.74) is 5.17. The second-order valence-corrected chi connectivity index (χ2v) is 11.3. The number of hydrogen-bond donors (Lipinski definition) is 1. The van der Waals surface area contributed by atoms with Crippen molar-refractivity contribution < 1.29 is 24.2 Å². The fourth-order valence-corrected chi connectivity index (χ4v) is 4.95. The van der Waals surface area contributed by atoms with Crippen LogP contribution >= 0.6 is 11.6 Å². The lowest BCUT2D eigenvalue weighted by Crippen LogP contribution is -2.28. The van der Waals surface area contributed by atoms with Crippen molar-refractivity contribution in [1.29, 1.82) is 0 Å². The second-order valence-electron chi connectivity index (χ2n) is 10.9. The first kappa shape index (κ1) is 31.8. The Bertz CT molecular complexity index is 1420. The summed E-state index contributed by atoms with van der Waals surface area (Å²) >= 11 is 6.16. The standard InChI is InChI=1S/C36H38ClNO5/c1-25-6-10-28(11-7-25)34(29-12-16-31(37)17-13-29)23-38(3)22-4-5-27-8-18-33(19-9-27)43-26(2)35(39)24-42-32-20-14-30(15-21-32)36(40)41/h6-21,26,34H,4-5,22-24H2,1-3H3,(H,40,41). The second kappa shape index (κ2) is 15.4. The summed E-state index contributed by atoms with van der Waals surface area (Å²) in [6.45, 7) is 5.49. The number of ketones is 1. The molecule has 0 fully saturated rings. The van der Waals surface area contributed by atoms with Crippen LogP contribution in [-0.4, -0.2) is 54.6 Å². The average Bonchev–Trinajstić information content (AvgIpc) is 3.00. The van der Waals surface area contributed by atoms with E-state index in [1.54, 1.807) is 6.92 Å². The topological polar surface area (TPSA) is 76.1 Å². The van der Waals surface area contributed by atoms with E-state index in [2.05, 4.69) is 55.3 Å². The Balaban J connectivity index is 1.23. The summed E-state index contributed by atoms with van der Waals surface area (Å²) in [5.74, 6) is 0.0803. The number of aryl methyl sites for hydroxylation is 2. The van der Waals surface area contributed by atoms with Crippen molar-refractivity contribution in [3.8, 4) is 11.5 Å². The predicted molar refractivity (Wildman–Crippen MR) is 171 cm³/mol. The molecular weight excluding hydrogens is 562 g/mol. The van der Waals surface area contributed by atoms with Crippen LogP contribution in [0.25, 0.3) is 0 Å². The van der Waals surface area contributed by atoms with Crippen LogP contribution < -0.4 is 9.47 Å². The number of nitrogens with zero attached hydrogens (tertiary/aromatic N) is 1. The van der Waals surface area contributed by atoms with Crippen LogP contribution in [0.2, 0.25) is 5.02 Å². The maximum absolute atomic E-state index is 12.5. The first-order valence-corrected chi connectivity index (χ1v) is 14.8. The lowest BCUT2D eigenvalue weighted by atomic mass is 9.90. The van der Waals surface area contributed by atoms with Gasteiger partial charge >= 0.3 is 5.97 Å².